The number of ether oxygens (including phenoxy) is 1. The number of nitrogens with one attached hydrogen (secondary N) is 1. The quantitative estimate of drug-likeness (QED) is 0.898. The zero-order valence-corrected chi connectivity index (χ0v) is 12.4. The topological polar surface area (TPSA) is 63.4 Å². The smallest absolute Gasteiger partial charge is 0.318 e. The molecule has 0 aromatic carbocycles. The van der Waals surface area contributed by atoms with Crippen LogP contribution in [0.25, 0.3) is 0 Å². The van der Waals surface area contributed by atoms with Crippen molar-refractivity contribution in [2.24, 2.45) is 0 Å². The van der Waals surface area contributed by atoms with Crippen LogP contribution in [0.4, 0.5) is 6.01 Å². The van der Waals surface area contributed by atoms with Gasteiger partial charge in [-0.3, -0.25) is 0 Å². The van der Waals surface area contributed by atoms with Crippen LogP contribution in [0.1, 0.15) is 40.5 Å². The molecular weight excluding hydrogens is 244 g/mol. The van der Waals surface area contributed by atoms with Crippen LogP contribution in [0.3, 0.4) is 0 Å². The molecule has 0 spiro atoms. The number of anilines is 1. The molecule has 2 heterocycles. The Kier molecular flexibility index (Phi) is 4.10. The summed E-state index contributed by atoms with van der Waals surface area (Å²) in [4.78, 5) is 2.11. The molecule has 1 N–H and O–H groups in total. The fourth-order valence-corrected chi connectivity index (χ4v) is 1.94. The van der Waals surface area contributed by atoms with E-state index in [1.807, 2.05) is 0 Å². The van der Waals surface area contributed by atoms with E-state index in [0.717, 1.165) is 6.54 Å². The summed E-state index contributed by atoms with van der Waals surface area (Å²) < 4.78 is 11.3. The lowest BCUT2D eigenvalue weighted by molar-refractivity contribution is 0.0321. The number of morpholine rings is 1. The SMILES string of the molecule is CC1CN(c2nnc(CNC(C)(C)C)o2)C(C)CO1. The van der Waals surface area contributed by atoms with Crippen molar-refractivity contribution in [1.82, 2.24) is 15.5 Å². The highest BCUT2D eigenvalue weighted by atomic mass is 16.5. The summed E-state index contributed by atoms with van der Waals surface area (Å²) in [6.07, 6.45) is 0.194. The van der Waals surface area contributed by atoms with Crippen molar-refractivity contribution in [3.05, 3.63) is 5.89 Å². The number of aromatic nitrogens is 2. The predicted octanol–water partition coefficient (Wildman–Crippen LogP) is 1.57. The van der Waals surface area contributed by atoms with E-state index >= 15 is 0 Å². The van der Waals surface area contributed by atoms with Gasteiger partial charge in [-0.25, -0.2) is 0 Å². The molecule has 1 aliphatic heterocycles. The minimum atomic E-state index is 0.0371. The highest BCUT2D eigenvalue weighted by molar-refractivity contribution is 5.27. The van der Waals surface area contributed by atoms with Crippen LogP contribution in [0.15, 0.2) is 4.42 Å². The van der Waals surface area contributed by atoms with Gasteiger partial charge in [-0.2, -0.15) is 0 Å². The van der Waals surface area contributed by atoms with Gasteiger partial charge >= 0.3 is 6.01 Å². The second-order valence-corrected chi connectivity index (χ2v) is 6.23. The van der Waals surface area contributed by atoms with Crippen molar-refractivity contribution >= 4 is 6.01 Å². The molecule has 0 saturated carbocycles. The van der Waals surface area contributed by atoms with Crippen LogP contribution in [0.2, 0.25) is 0 Å². The largest absolute Gasteiger partial charge is 0.407 e. The summed E-state index contributed by atoms with van der Waals surface area (Å²) in [5.41, 5.74) is 0.0371. The Morgan fingerprint density at radius 3 is 2.74 bits per heavy atom. The van der Waals surface area contributed by atoms with Crippen LogP contribution in [-0.2, 0) is 11.3 Å². The van der Waals surface area contributed by atoms with Crippen LogP contribution < -0.4 is 10.2 Å². The molecule has 19 heavy (non-hydrogen) atoms. The summed E-state index contributed by atoms with van der Waals surface area (Å²) >= 11 is 0. The zero-order valence-electron chi connectivity index (χ0n) is 12.4. The van der Waals surface area contributed by atoms with Crippen LogP contribution in [-0.4, -0.2) is 41.0 Å². The summed E-state index contributed by atoms with van der Waals surface area (Å²) in [5.74, 6) is 0.622. The Morgan fingerprint density at radius 2 is 2.05 bits per heavy atom. The van der Waals surface area contributed by atoms with E-state index in [4.69, 9.17) is 9.15 Å². The molecule has 0 amide bonds. The van der Waals surface area contributed by atoms with Gasteiger partial charge in [0.15, 0.2) is 0 Å². The molecule has 0 bridgehead atoms. The van der Waals surface area contributed by atoms with Gasteiger partial charge in [0.2, 0.25) is 5.89 Å². The molecule has 1 saturated heterocycles. The van der Waals surface area contributed by atoms with E-state index in [0.29, 0.717) is 25.1 Å². The Hall–Kier alpha value is -1.14. The summed E-state index contributed by atoms with van der Waals surface area (Å²) in [5, 5.41) is 11.6. The van der Waals surface area contributed by atoms with Crippen LogP contribution >= 0.6 is 0 Å². The van der Waals surface area contributed by atoms with Gasteiger partial charge in [-0.05, 0) is 34.6 Å². The van der Waals surface area contributed by atoms with Gasteiger partial charge in [0.25, 0.3) is 0 Å². The Balaban J connectivity index is 1.99. The highest BCUT2D eigenvalue weighted by Gasteiger charge is 2.27. The van der Waals surface area contributed by atoms with Gasteiger partial charge in [-0.1, -0.05) is 5.10 Å². The van der Waals surface area contributed by atoms with Gasteiger partial charge in [0.05, 0.1) is 25.3 Å². The van der Waals surface area contributed by atoms with Crippen LogP contribution in [0.5, 0.6) is 0 Å². The average Bonchev–Trinajstić information content (AvgIpc) is 2.77. The maximum atomic E-state index is 5.72. The molecule has 2 unspecified atom stereocenters. The third-order valence-corrected chi connectivity index (χ3v) is 3.08. The maximum Gasteiger partial charge on any atom is 0.318 e. The minimum Gasteiger partial charge on any atom is -0.407 e. The average molecular weight is 268 g/mol. The third-order valence-electron chi connectivity index (χ3n) is 3.08. The highest BCUT2D eigenvalue weighted by Crippen LogP contribution is 2.20. The van der Waals surface area contributed by atoms with E-state index in [9.17, 15) is 0 Å². The van der Waals surface area contributed by atoms with Gasteiger partial charge in [0, 0.05) is 12.1 Å². The summed E-state index contributed by atoms with van der Waals surface area (Å²) in [7, 11) is 0. The van der Waals surface area contributed by atoms with E-state index in [1.165, 1.54) is 0 Å². The first-order valence-corrected chi connectivity index (χ1v) is 6.81. The molecule has 6 heteroatoms. The molecule has 2 atom stereocenters. The van der Waals surface area contributed by atoms with Crippen molar-refractivity contribution in [3.8, 4) is 0 Å². The normalized spacial score (nSPS) is 24.8. The Bertz CT molecular complexity index is 413. The number of rotatable bonds is 3. The fourth-order valence-electron chi connectivity index (χ4n) is 1.94. The standard InChI is InChI=1S/C13H24N4O2/c1-9-8-18-10(2)7-17(9)12-16-15-11(19-12)6-14-13(3,4)5/h9-10,14H,6-8H2,1-5H3. The van der Waals surface area contributed by atoms with E-state index in [1.54, 1.807) is 0 Å². The third kappa shape index (κ3) is 3.91. The summed E-state index contributed by atoms with van der Waals surface area (Å²) in [6.45, 7) is 12.5. The number of hydrogen-bond donors (Lipinski definition) is 1. The van der Waals surface area contributed by atoms with Crippen LogP contribution in [0, 0.1) is 0 Å². The second kappa shape index (κ2) is 5.46. The fraction of sp³-hybridized carbons (Fsp3) is 0.846. The molecule has 2 rings (SSSR count). The van der Waals surface area contributed by atoms with E-state index in [-0.39, 0.29) is 17.7 Å². The van der Waals surface area contributed by atoms with Crippen molar-refractivity contribution in [1.29, 1.82) is 0 Å². The molecule has 1 aliphatic rings. The van der Waals surface area contributed by atoms with Gasteiger partial charge in [-0.15, -0.1) is 5.10 Å². The number of hydrogen-bond acceptors (Lipinski definition) is 6. The van der Waals surface area contributed by atoms with Crippen molar-refractivity contribution in [2.45, 2.75) is 58.8 Å². The first kappa shape index (κ1) is 14.3. The molecule has 1 aromatic rings. The van der Waals surface area contributed by atoms with Gasteiger partial charge in [0.1, 0.15) is 0 Å². The van der Waals surface area contributed by atoms with Crippen molar-refractivity contribution in [3.63, 3.8) is 0 Å². The molecule has 1 fully saturated rings. The molecule has 0 aliphatic carbocycles. The molecule has 1 aromatic heterocycles. The summed E-state index contributed by atoms with van der Waals surface area (Å²) in [6, 6.07) is 0.855. The van der Waals surface area contributed by atoms with E-state index in [2.05, 4.69) is 55.0 Å². The minimum absolute atomic E-state index is 0.0371. The lowest BCUT2D eigenvalue weighted by Crippen LogP contribution is -2.47. The lowest BCUT2D eigenvalue weighted by atomic mass is 10.1. The molecule has 0 radical (unpaired) electrons. The van der Waals surface area contributed by atoms with Crippen molar-refractivity contribution in [2.75, 3.05) is 18.1 Å². The molecule has 108 valence electrons. The number of nitrogens with zero attached hydrogens (tertiary/aromatic N) is 3. The van der Waals surface area contributed by atoms with Crippen molar-refractivity contribution < 1.29 is 9.15 Å². The predicted molar refractivity (Wildman–Crippen MR) is 73.1 cm³/mol. The molecule has 6 nitrogen and oxygen atoms in total. The van der Waals surface area contributed by atoms with E-state index < -0.39 is 0 Å². The first-order chi connectivity index (χ1) is 8.85. The molecular formula is C13H24N4O2. The second-order valence-electron chi connectivity index (χ2n) is 6.23. The Labute approximate surface area is 114 Å². The Morgan fingerprint density at radius 1 is 1.32 bits per heavy atom. The first-order valence-electron chi connectivity index (χ1n) is 6.81. The lowest BCUT2D eigenvalue weighted by Gasteiger charge is -2.35. The maximum absolute atomic E-state index is 5.72. The van der Waals surface area contributed by atoms with Gasteiger partial charge < -0.3 is 19.4 Å². The monoisotopic (exact) mass is 268 g/mol. The zero-order chi connectivity index (χ0) is 14.0.